The van der Waals surface area contributed by atoms with Crippen LogP contribution in [-0.2, 0) is 4.79 Å². The van der Waals surface area contributed by atoms with E-state index in [0.717, 1.165) is 54.8 Å². The van der Waals surface area contributed by atoms with Crippen LogP contribution in [0.4, 0.5) is 10.5 Å². The molecular weight excluding hydrogens is 436 g/mol. The van der Waals surface area contributed by atoms with Gasteiger partial charge in [0, 0.05) is 37.4 Å². The highest BCUT2D eigenvalue weighted by Gasteiger charge is 2.25. The molecule has 33 heavy (non-hydrogen) atoms. The Morgan fingerprint density at radius 2 is 1.85 bits per heavy atom. The number of carbonyl (C=O) groups excluding carboxylic acids is 2. The van der Waals surface area contributed by atoms with Gasteiger partial charge in [0.05, 0.1) is 22.5 Å². The van der Waals surface area contributed by atoms with E-state index < -0.39 is 0 Å². The minimum absolute atomic E-state index is 0.340. The molecule has 4 heterocycles. The maximum atomic E-state index is 11.8. The summed E-state index contributed by atoms with van der Waals surface area (Å²) in [5.41, 5.74) is 4.44. The van der Waals surface area contributed by atoms with Crippen LogP contribution in [0.15, 0.2) is 47.5 Å². The fraction of sp³-hybridized carbons (Fsp3) is 0.333. The monoisotopic (exact) mass is 462 g/mol. The second kappa shape index (κ2) is 9.36. The van der Waals surface area contributed by atoms with Crippen LogP contribution in [0.25, 0.3) is 23.0 Å². The summed E-state index contributed by atoms with van der Waals surface area (Å²) < 4.78 is 1.77. The van der Waals surface area contributed by atoms with Crippen LogP contribution in [0.5, 0.6) is 0 Å². The predicted octanol–water partition coefficient (Wildman–Crippen LogP) is 3.64. The largest absolute Gasteiger partial charge is 0.369 e. The van der Waals surface area contributed by atoms with Crippen molar-refractivity contribution < 1.29 is 9.59 Å². The molecule has 0 aliphatic carbocycles. The highest BCUT2D eigenvalue weighted by atomic mass is 32.2. The number of thioether (sulfide) groups is 1. The highest BCUT2D eigenvalue weighted by molar-refractivity contribution is 8.18. The van der Waals surface area contributed by atoms with Crippen molar-refractivity contribution in [1.29, 1.82) is 0 Å². The fourth-order valence-corrected chi connectivity index (χ4v) is 4.84. The van der Waals surface area contributed by atoms with Crippen LogP contribution in [0.3, 0.4) is 0 Å². The van der Waals surface area contributed by atoms with Gasteiger partial charge in [-0.1, -0.05) is 25.5 Å². The first-order valence-corrected chi connectivity index (χ1v) is 12.1. The molecule has 170 valence electrons. The summed E-state index contributed by atoms with van der Waals surface area (Å²) in [7, 11) is 0. The lowest BCUT2D eigenvalue weighted by atomic mass is 10.1. The average Bonchev–Trinajstić information content (AvgIpc) is 3.40. The number of fused-ring (bicyclic) bond motifs is 1. The lowest BCUT2D eigenvalue weighted by Crippen LogP contribution is -2.46. The maximum Gasteiger partial charge on any atom is 0.290 e. The number of carbonyl (C=O) groups is 2. The number of imidazole rings is 1. The predicted molar refractivity (Wildman–Crippen MR) is 131 cm³/mol. The van der Waals surface area contributed by atoms with Gasteiger partial charge in [0.25, 0.3) is 11.1 Å². The zero-order valence-corrected chi connectivity index (χ0v) is 19.3. The average molecular weight is 463 g/mol. The Morgan fingerprint density at radius 3 is 2.55 bits per heavy atom. The van der Waals surface area contributed by atoms with Crippen LogP contribution in [0.1, 0.15) is 25.5 Å². The fourth-order valence-electron chi connectivity index (χ4n) is 4.17. The molecule has 0 saturated carbocycles. The van der Waals surface area contributed by atoms with Crippen molar-refractivity contribution in [3.63, 3.8) is 0 Å². The molecular formula is C24H26N6O2S. The van der Waals surface area contributed by atoms with Gasteiger partial charge in [-0.05, 0) is 55.1 Å². The molecule has 0 unspecified atom stereocenters. The van der Waals surface area contributed by atoms with Gasteiger partial charge < -0.3 is 4.90 Å². The molecule has 5 rings (SSSR count). The SMILES string of the molecule is CCCCN1CCN(c2ccc(-c3cnc4ccc(/C=C5\SC(=O)NC5=O)nn34)cc2)CC1. The summed E-state index contributed by atoms with van der Waals surface area (Å²) in [4.78, 5) is 33.1. The van der Waals surface area contributed by atoms with Gasteiger partial charge in [-0.2, -0.15) is 5.10 Å². The molecule has 0 radical (unpaired) electrons. The number of anilines is 1. The summed E-state index contributed by atoms with van der Waals surface area (Å²) in [6, 6.07) is 12.2. The van der Waals surface area contributed by atoms with E-state index in [0.29, 0.717) is 10.6 Å². The van der Waals surface area contributed by atoms with Crippen LogP contribution < -0.4 is 10.2 Å². The van der Waals surface area contributed by atoms with E-state index in [4.69, 9.17) is 0 Å². The van der Waals surface area contributed by atoms with Crippen molar-refractivity contribution in [3.8, 4) is 11.3 Å². The quantitative estimate of drug-likeness (QED) is 0.560. The van der Waals surface area contributed by atoms with Crippen molar-refractivity contribution in [1.82, 2.24) is 24.8 Å². The molecule has 9 heteroatoms. The number of piperazine rings is 1. The summed E-state index contributed by atoms with van der Waals surface area (Å²) in [5.74, 6) is -0.389. The third kappa shape index (κ3) is 4.65. The molecule has 8 nitrogen and oxygen atoms in total. The number of nitrogens with one attached hydrogen (secondary N) is 1. The molecule has 2 amide bonds. The van der Waals surface area contributed by atoms with E-state index in [9.17, 15) is 9.59 Å². The number of benzene rings is 1. The van der Waals surface area contributed by atoms with Gasteiger partial charge in [-0.3, -0.25) is 19.8 Å². The summed E-state index contributed by atoms with van der Waals surface area (Å²) >= 11 is 0.884. The molecule has 3 aromatic rings. The minimum Gasteiger partial charge on any atom is -0.369 e. The lowest BCUT2D eigenvalue weighted by molar-refractivity contribution is -0.115. The second-order valence-electron chi connectivity index (χ2n) is 8.25. The zero-order valence-electron chi connectivity index (χ0n) is 18.5. The molecule has 2 aromatic heterocycles. The van der Waals surface area contributed by atoms with Gasteiger partial charge in [-0.15, -0.1) is 0 Å². The second-order valence-corrected chi connectivity index (χ2v) is 9.27. The van der Waals surface area contributed by atoms with Crippen LogP contribution in [-0.4, -0.2) is 63.4 Å². The summed E-state index contributed by atoms with van der Waals surface area (Å²) in [6.07, 6.45) is 5.94. The smallest absolute Gasteiger partial charge is 0.290 e. The molecule has 1 N–H and O–H groups in total. The van der Waals surface area contributed by atoms with Gasteiger partial charge in [0.15, 0.2) is 5.65 Å². The van der Waals surface area contributed by atoms with Crippen molar-refractivity contribution in [2.45, 2.75) is 19.8 Å². The lowest BCUT2D eigenvalue weighted by Gasteiger charge is -2.36. The minimum atomic E-state index is -0.389. The third-order valence-corrected chi connectivity index (χ3v) is 6.84. The normalized spacial score (nSPS) is 18.5. The van der Waals surface area contributed by atoms with E-state index in [1.807, 2.05) is 6.07 Å². The van der Waals surface area contributed by atoms with Gasteiger partial charge in [0.2, 0.25) is 0 Å². The number of amides is 2. The molecule has 2 aliphatic rings. The first kappa shape index (κ1) is 21.7. The molecule has 0 bridgehead atoms. The first-order valence-electron chi connectivity index (χ1n) is 11.3. The summed E-state index contributed by atoms with van der Waals surface area (Å²) in [5, 5.41) is 6.54. The van der Waals surface area contributed by atoms with Crippen LogP contribution >= 0.6 is 11.8 Å². The van der Waals surface area contributed by atoms with Gasteiger partial charge in [0.1, 0.15) is 0 Å². The number of hydrogen-bond acceptors (Lipinski definition) is 7. The third-order valence-electron chi connectivity index (χ3n) is 6.03. The number of nitrogens with zero attached hydrogens (tertiary/aromatic N) is 5. The van der Waals surface area contributed by atoms with E-state index in [1.165, 1.54) is 25.1 Å². The van der Waals surface area contributed by atoms with E-state index in [-0.39, 0.29) is 11.1 Å². The van der Waals surface area contributed by atoms with Crippen molar-refractivity contribution >= 4 is 40.3 Å². The van der Waals surface area contributed by atoms with Crippen molar-refractivity contribution in [2.75, 3.05) is 37.6 Å². The van der Waals surface area contributed by atoms with E-state index >= 15 is 0 Å². The van der Waals surface area contributed by atoms with Crippen molar-refractivity contribution in [2.24, 2.45) is 0 Å². The molecule has 0 spiro atoms. The number of aromatic nitrogens is 3. The topological polar surface area (TPSA) is 82.8 Å². The first-order chi connectivity index (χ1) is 16.1. The Morgan fingerprint density at radius 1 is 1.06 bits per heavy atom. The Bertz CT molecular complexity index is 1210. The van der Waals surface area contributed by atoms with Gasteiger partial charge in [-0.25, -0.2) is 9.50 Å². The number of rotatable bonds is 6. The van der Waals surface area contributed by atoms with Crippen molar-refractivity contribution in [3.05, 3.63) is 53.2 Å². The maximum absolute atomic E-state index is 11.8. The zero-order chi connectivity index (χ0) is 22.8. The summed E-state index contributed by atoms with van der Waals surface area (Å²) in [6.45, 7) is 7.75. The van der Waals surface area contributed by atoms with Crippen LogP contribution in [0, 0.1) is 0 Å². The molecule has 2 saturated heterocycles. The molecule has 2 aliphatic heterocycles. The van der Waals surface area contributed by atoms with Gasteiger partial charge >= 0.3 is 0 Å². The molecule has 0 atom stereocenters. The number of hydrogen-bond donors (Lipinski definition) is 1. The molecule has 1 aromatic carbocycles. The Kier molecular flexibility index (Phi) is 6.15. The Hall–Kier alpha value is -3.17. The highest BCUT2D eigenvalue weighted by Crippen LogP contribution is 2.27. The Balaban J connectivity index is 1.34. The standard InChI is InChI=1S/C24H26N6O2S/c1-2-3-10-28-11-13-29(14-12-28)19-7-4-17(5-8-19)20-16-25-22-9-6-18(27-30(20)22)15-21-23(31)26-24(32)33-21/h4-9,15-16H,2-3,10-14H2,1H3,(H,26,31,32)/b21-15-. The molecule has 2 fully saturated rings. The number of imide groups is 1. The Labute approximate surface area is 196 Å². The van der Waals surface area contributed by atoms with E-state index in [2.05, 4.69) is 56.4 Å². The van der Waals surface area contributed by atoms with Crippen LogP contribution in [0.2, 0.25) is 0 Å². The van der Waals surface area contributed by atoms with E-state index in [1.54, 1.807) is 22.9 Å². The number of unbranched alkanes of at least 4 members (excludes halogenated alkanes) is 1.